The molecule has 1 saturated heterocycles. The summed E-state index contributed by atoms with van der Waals surface area (Å²) in [4.78, 5) is 8.56. The highest BCUT2D eigenvalue weighted by Gasteiger charge is 2.15. The Morgan fingerprint density at radius 1 is 1.42 bits per heavy atom. The van der Waals surface area contributed by atoms with Gasteiger partial charge in [-0.05, 0) is 30.7 Å². The van der Waals surface area contributed by atoms with Crippen molar-refractivity contribution in [1.29, 1.82) is 0 Å². The Hall–Kier alpha value is -1.40. The third-order valence-electron chi connectivity index (χ3n) is 3.06. The van der Waals surface area contributed by atoms with E-state index < -0.39 is 0 Å². The van der Waals surface area contributed by atoms with E-state index in [0.717, 1.165) is 5.69 Å². The van der Waals surface area contributed by atoms with Crippen molar-refractivity contribution in [3.8, 4) is 11.5 Å². The van der Waals surface area contributed by atoms with Crippen molar-refractivity contribution in [2.75, 3.05) is 11.5 Å². The summed E-state index contributed by atoms with van der Waals surface area (Å²) in [6.07, 6.45) is 4.24. The van der Waals surface area contributed by atoms with Crippen LogP contribution in [0, 0.1) is 0 Å². The SMILES string of the molecule is c1ccc(-c2noc(CNC3CCCSC3)n2)nc1. The second-order valence-corrected chi connectivity index (χ2v) is 5.67. The molecule has 5 nitrogen and oxygen atoms in total. The second kappa shape index (κ2) is 6.16. The Morgan fingerprint density at radius 2 is 2.42 bits per heavy atom. The summed E-state index contributed by atoms with van der Waals surface area (Å²) in [5.41, 5.74) is 0.741. The Bertz CT molecular complexity index is 510. The number of nitrogens with one attached hydrogen (secondary N) is 1. The van der Waals surface area contributed by atoms with Gasteiger partial charge < -0.3 is 9.84 Å². The molecular formula is C13H16N4OS. The minimum atomic E-state index is 0.551. The minimum Gasteiger partial charge on any atom is -0.337 e. The fourth-order valence-electron chi connectivity index (χ4n) is 2.06. The molecule has 2 aromatic heterocycles. The zero-order valence-electron chi connectivity index (χ0n) is 10.6. The van der Waals surface area contributed by atoms with Gasteiger partial charge in [-0.15, -0.1) is 0 Å². The van der Waals surface area contributed by atoms with Gasteiger partial charge in [0.25, 0.3) is 0 Å². The number of rotatable bonds is 4. The molecule has 1 aliphatic heterocycles. The molecule has 1 N–H and O–H groups in total. The highest BCUT2D eigenvalue weighted by atomic mass is 32.2. The maximum Gasteiger partial charge on any atom is 0.240 e. The molecule has 1 atom stereocenters. The van der Waals surface area contributed by atoms with Gasteiger partial charge in [0, 0.05) is 18.0 Å². The van der Waals surface area contributed by atoms with Crippen molar-refractivity contribution in [2.45, 2.75) is 25.4 Å². The normalized spacial score (nSPS) is 19.5. The lowest BCUT2D eigenvalue weighted by molar-refractivity contribution is 0.356. The molecule has 0 aliphatic carbocycles. The quantitative estimate of drug-likeness (QED) is 0.923. The molecule has 19 heavy (non-hydrogen) atoms. The largest absolute Gasteiger partial charge is 0.337 e. The van der Waals surface area contributed by atoms with Gasteiger partial charge in [-0.1, -0.05) is 11.2 Å². The van der Waals surface area contributed by atoms with E-state index in [-0.39, 0.29) is 0 Å². The van der Waals surface area contributed by atoms with Crippen molar-refractivity contribution in [1.82, 2.24) is 20.4 Å². The molecule has 3 rings (SSSR count). The Labute approximate surface area is 116 Å². The predicted molar refractivity (Wildman–Crippen MR) is 74.7 cm³/mol. The van der Waals surface area contributed by atoms with E-state index in [1.165, 1.54) is 24.3 Å². The van der Waals surface area contributed by atoms with Crippen molar-refractivity contribution < 1.29 is 4.52 Å². The fourth-order valence-corrected chi connectivity index (χ4v) is 3.17. The lowest BCUT2D eigenvalue weighted by Gasteiger charge is -2.21. The van der Waals surface area contributed by atoms with Crippen LogP contribution in [-0.4, -0.2) is 32.7 Å². The third kappa shape index (κ3) is 3.33. The van der Waals surface area contributed by atoms with E-state index in [4.69, 9.17) is 4.52 Å². The first-order valence-corrected chi connectivity index (χ1v) is 7.62. The highest BCUT2D eigenvalue weighted by molar-refractivity contribution is 7.99. The van der Waals surface area contributed by atoms with Crippen LogP contribution in [0.4, 0.5) is 0 Å². The first kappa shape index (κ1) is 12.6. The zero-order chi connectivity index (χ0) is 12.9. The summed E-state index contributed by atoms with van der Waals surface area (Å²) in [5.74, 6) is 3.62. The van der Waals surface area contributed by atoms with Gasteiger partial charge in [-0.25, -0.2) is 0 Å². The number of hydrogen-bond donors (Lipinski definition) is 1. The number of thioether (sulfide) groups is 1. The minimum absolute atomic E-state index is 0.551. The van der Waals surface area contributed by atoms with E-state index in [0.29, 0.717) is 24.3 Å². The van der Waals surface area contributed by atoms with Crippen LogP contribution in [0.1, 0.15) is 18.7 Å². The van der Waals surface area contributed by atoms with Crippen LogP contribution in [0.2, 0.25) is 0 Å². The standard InChI is InChI=1S/C13H16N4OS/c1-2-6-14-11(5-1)13-16-12(18-17-13)8-15-10-4-3-7-19-9-10/h1-2,5-6,10,15H,3-4,7-9H2. The van der Waals surface area contributed by atoms with Crippen LogP contribution >= 0.6 is 11.8 Å². The smallest absolute Gasteiger partial charge is 0.240 e. The maximum atomic E-state index is 5.24. The van der Waals surface area contributed by atoms with E-state index in [1.807, 2.05) is 30.0 Å². The number of hydrogen-bond acceptors (Lipinski definition) is 6. The average molecular weight is 276 g/mol. The summed E-state index contributed by atoms with van der Waals surface area (Å²) < 4.78 is 5.24. The van der Waals surface area contributed by atoms with Gasteiger partial charge in [-0.3, -0.25) is 4.98 Å². The molecule has 0 amide bonds. The van der Waals surface area contributed by atoms with Crippen molar-refractivity contribution in [3.05, 3.63) is 30.3 Å². The van der Waals surface area contributed by atoms with Gasteiger partial charge in [0.1, 0.15) is 5.69 Å². The number of pyridine rings is 1. The molecule has 0 saturated carbocycles. The van der Waals surface area contributed by atoms with Crippen LogP contribution in [-0.2, 0) is 6.54 Å². The molecule has 0 aromatic carbocycles. The van der Waals surface area contributed by atoms with E-state index in [1.54, 1.807) is 6.20 Å². The van der Waals surface area contributed by atoms with Gasteiger partial charge in [0.2, 0.25) is 11.7 Å². The molecule has 1 fully saturated rings. The topological polar surface area (TPSA) is 63.8 Å². The van der Waals surface area contributed by atoms with Gasteiger partial charge in [-0.2, -0.15) is 16.7 Å². The molecule has 0 spiro atoms. The van der Waals surface area contributed by atoms with Crippen molar-refractivity contribution in [2.24, 2.45) is 0 Å². The van der Waals surface area contributed by atoms with Crippen LogP contribution in [0.25, 0.3) is 11.5 Å². The third-order valence-corrected chi connectivity index (χ3v) is 4.28. The van der Waals surface area contributed by atoms with Gasteiger partial charge in [0.15, 0.2) is 0 Å². The Kier molecular flexibility index (Phi) is 4.10. The summed E-state index contributed by atoms with van der Waals surface area (Å²) in [5, 5.41) is 7.42. The lowest BCUT2D eigenvalue weighted by atomic mass is 10.2. The zero-order valence-corrected chi connectivity index (χ0v) is 11.4. The molecule has 0 radical (unpaired) electrons. The molecule has 100 valence electrons. The molecule has 1 unspecified atom stereocenters. The monoisotopic (exact) mass is 276 g/mol. The first-order chi connectivity index (χ1) is 9.42. The number of aromatic nitrogens is 3. The molecular weight excluding hydrogens is 260 g/mol. The summed E-state index contributed by atoms with van der Waals surface area (Å²) in [6.45, 7) is 0.630. The van der Waals surface area contributed by atoms with Crippen molar-refractivity contribution in [3.63, 3.8) is 0 Å². The molecule has 3 heterocycles. The van der Waals surface area contributed by atoms with Gasteiger partial charge in [0.05, 0.1) is 6.54 Å². The highest BCUT2D eigenvalue weighted by Crippen LogP contribution is 2.17. The maximum absolute atomic E-state index is 5.24. The Balaban J connectivity index is 1.59. The van der Waals surface area contributed by atoms with Gasteiger partial charge >= 0.3 is 0 Å². The molecule has 1 aliphatic rings. The summed E-state index contributed by atoms with van der Waals surface area (Å²) in [7, 11) is 0. The summed E-state index contributed by atoms with van der Waals surface area (Å²) >= 11 is 2.00. The van der Waals surface area contributed by atoms with Crippen LogP contribution in [0.3, 0.4) is 0 Å². The number of nitrogens with zero attached hydrogens (tertiary/aromatic N) is 3. The average Bonchev–Trinajstić information content (AvgIpc) is 2.96. The Morgan fingerprint density at radius 3 is 3.21 bits per heavy atom. The molecule has 6 heteroatoms. The van der Waals surface area contributed by atoms with Crippen LogP contribution in [0.15, 0.2) is 28.9 Å². The first-order valence-electron chi connectivity index (χ1n) is 6.47. The van der Waals surface area contributed by atoms with E-state index >= 15 is 0 Å². The van der Waals surface area contributed by atoms with E-state index in [9.17, 15) is 0 Å². The van der Waals surface area contributed by atoms with E-state index in [2.05, 4.69) is 20.4 Å². The van der Waals surface area contributed by atoms with Crippen LogP contribution < -0.4 is 5.32 Å². The van der Waals surface area contributed by atoms with Crippen LogP contribution in [0.5, 0.6) is 0 Å². The van der Waals surface area contributed by atoms with Crippen molar-refractivity contribution >= 4 is 11.8 Å². The predicted octanol–water partition coefficient (Wildman–Crippen LogP) is 2.12. The lowest BCUT2D eigenvalue weighted by Crippen LogP contribution is -2.33. The fraction of sp³-hybridized carbons (Fsp3) is 0.462. The second-order valence-electron chi connectivity index (χ2n) is 4.52. The molecule has 2 aromatic rings. The molecule has 0 bridgehead atoms. The summed E-state index contributed by atoms with van der Waals surface area (Å²) in [6, 6.07) is 6.21.